The quantitative estimate of drug-likeness (QED) is 0.751. The number of carbonyl (C=O) groups is 1. The predicted octanol–water partition coefficient (Wildman–Crippen LogP) is 4.50. The molecule has 4 heteroatoms. The highest BCUT2D eigenvalue weighted by Crippen LogP contribution is 2.25. The first-order chi connectivity index (χ1) is 10.7. The van der Waals surface area contributed by atoms with Crippen molar-refractivity contribution in [1.82, 2.24) is 5.32 Å². The molecule has 3 nitrogen and oxygen atoms in total. The number of hydrogen-bond acceptors (Lipinski definition) is 2. The molecule has 22 heavy (non-hydrogen) atoms. The Labute approximate surface area is 137 Å². The molecule has 1 atom stereocenters. The molecule has 0 saturated heterocycles. The average molecular weight is 322 g/mol. The van der Waals surface area contributed by atoms with E-state index in [2.05, 4.69) is 11.4 Å². The van der Waals surface area contributed by atoms with Gasteiger partial charge in [0.05, 0.1) is 5.02 Å². The first kappa shape index (κ1) is 16.9. The van der Waals surface area contributed by atoms with Gasteiger partial charge in [-0.15, -0.1) is 0 Å². The minimum absolute atomic E-state index is 0.0705. The van der Waals surface area contributed by atoms with Gasteiger partial charge < -0.3 is 10.1 Å². The molecule has 0 aliphatic heterocycles. The molecule has 2 rings (SSSR count). The van der Waals surface area contributed by atoms with Crippen LogP contribution in [0.3, 0.4) is 0 Å². The summed E-state index contributed by atoms with van der Waals surface area (Å²) >= 11 is 6.07. The van der Waals surface area contributed by atoms with Crippen molar-refractivity contribution in [3.05, 3.63) is 40.9 Å². The monoisotopic (exact) mass is 321 g/mol. The Morgan fingerprint density at radius 1 is 1.36 bits per heavy atom. The second-order valence-electron chi connectivity index (χ2n) is 5.59. The van der Waals surface area contributed by atoms with E-state index in [9.17, 15) is 4.79 Å². The fourth-order valence-corrected chi connectivity index (χ4v) is 2.79. The van der Waals surface area contributed by atoms with Crippen molar-refractivity contribution in [2.24, 2.45) is 0 Å². The number of carbonyl (C=O) groups excluding carboxylic acids is 1. The summed E-state index contributed by atoms with van der Waals surface area (Å²) in [4.78, 5) is 12.2. The standard InChI is InChI=1S/C18H24ClNO2/c1-2-16(22-17-11-7-6-10-15(17)19)18(21)20-13-12-14-8-4-3-5-9-14/h6-8,10-11,16H,2-5,9,12-13H2,1H3,(H,20,21)/t16-/m1/s1. The van der Waals surface area contributed by atoms with Crippen LogP contribution in [0.4, 0.5) is 0 Å². The van der Waals surface area contributed by atoms with Crippen LogP contribution in [0.1, 0.15) is 45.4 Å². The van der Waals surface area contributed by atoms with Crippen molar-refractivity contribution < 1.29 is 9.53 Å². The van der Waals surface area contributed by atoms with Crippen LogP contribution in [-0.2, 0) is 4.79 Å². The maximum atomic E-state index is 12.2. The summed E-state index contributed by atoms with van der Waals surface area (Å²) in [5.74, 6) is 0.486. The average Bonchev–Trinajstić information content (AvgIpc) is 2.55. The molecule has 1 aromatic carbocycles. The molecular weight excluding hydrogens is 298 g/mol. The third-order valence-electron chi connectivity index (χ3n) is 3.90. The number of para-hydroxylation sites is 1. The molecule has 1 aliphatic rings. The van der Waals surface area contributed by atoms with Gasteiger partial charge >= 0.3 is 0 Å². The fourth-order valence-electron chi connectivity index (χ4n) is 2.61. The van der Waals surface area contributed by atoms with Crippen molar-refractivity contribution in [2.75, 3.05) is 6.54 Å². The number of rotatable bonds is 7. The zero-order valence-electron chi connectivity index (χ0n) is 13.1. The maximum absolute atomic E-state index is 12.2. The lowest BCUT2D eigenvalue weighted by atomic mass is 9.97. The van der Waals surface area contributed by atoms with Gasteiger partial charge in [0, 0.05) is 6.54 Å². The van der Waals surface area contributed by atoms with E-state index < -0.39 is 6.10 Å². The van der Waals surface area contributed by atoms with Crippen LogP contribution in [0.2, 0.25) is 5.02 Å². The number of hydrogen-bond donors (Lipinski definition) is 1. The van der Waals surface area contributed by atoms with Crippen LogP contribution >= 0.6 is 11.6 Å². The molecule has 1 N–H and O–H groups in total. The Hall–Kier alpha value is -1.48. The van der Waals surface area contributed by atoms with E-state index in [-0.39, 0.29) is 5.91 Å². The molecule has 0 unspecified atom stereocenters. The molecular formula is C18H24ClNO2. The fraction of sp³-hybridized carbons (Fsp3) is 0.500. The SMILES string of the molecule is CC[C@@H](Oc1ccccc1Cl)C(=O)NCCC1=CCCCC1. The van der Waals surface area contributed by atoms with E-state index >= 15 is 0 Å². The number of ether oxygens (including phenoxy) is 1. The Bertz CT molecular complexity index is 528. The van der Waals surface area contributed by atoms with Gasteiger partial charge in [0.1, 0.15) is 5.75 Å². The van der Waals surface area contributed by atoms with Crippen molar-refractivity contribution in [3.8, 4) is 5.75 Å². The van der Waals surface area contributed by atoms with Gasteiger partial charge in [0.25, 0.3) is 5.91 Å². The van der Waals surface area contributed by atoms with Crippen molar-refractivity contribution >= 4 is 17.5 Å². The molecule has 0 radical (unpaired) electrons. The van der Waals surface area contributed by atoms with E-state index in [1.165, 1.54) is 31.3 Å². The van der Waals surface area contributed by atoms with Gasteiger partial charge in [-0.3, -0.25) is 4.79 Å². The van der Waals surface area contributed by atoms with E-state index in [4.69, 9.17) is 16.3 Å². The highest BCUT2D eigenvalue weighted by molar-refractivity contribution is 6.32. The molecule has 0 saturated carbocycles. The number of amides is 1. The van der Waals surface area contributed by atoms with Gasteiger partial charge in [0.15, 0.2) is 6.10 Å². The number of nitrogens with one attached hydrogen (secondary N) is 1. The van der Waals surface area contributed by atoms with E-state index in [1.807, 2.05) is 19.1 Å². The molecule has 1 amide bonds. The topological polar surface area (TPSA) is 38.3 Å². The number of allylic oxidation sites excluding steroid dienone is 1. The largest absolute Gasteiger partial charge is 0.479 e. The van der Waals surface area contributed by atoms with Gasteiger partial charge in [-0.2, -0.15) is 0 Å². The Morgan fingerprint density at radius 2 is 2.18 bits per heavy atom. The molecule has 120 valence electrons. The van der Waals surface area contributed by atoms with Crippen molar-refractivity contribution in [3.63, 3.8) is 0 Å². The van der Waals surface area contributed by atoms with Gasteiger partial charge in [0.2, 0.25) is 0 Å². The Morgan fingerprint density at radius 3 is 2.86 bits per heavy atom. The van der Waals surface area contributed by atoms with Crippen LogP contribution in [0.25, 0.3) is 0 Å². The zero-order valence-corrected chi connectivity index (χ0v) is 13.9. The summed E-state index contributed by atoms with van der Waals surface area (Å²) in [6.07, 6.45) is 8.27. The summed E-state index contributed by atoms with van der Waals surface area (Å²) in [6.45, 7) is 2.61. The second kappa shape index (κ2) is 8.84. The van der Waals surface area contributed by atoms with E-state index in [0.717, 1.165) is 6.42 Å². The minimum Gasteiger partial charge on any atom is -0.479 e. The van der Waals surface area contributed by atoms with Crippen LogP contribution in [-0.4, -0.2) is 18.6 Å². The maximum Gasteiger partial charge on any atom is 0.261 e. The molecule has 1 aliphatic carbocycles. The summed E-state index contributed by atoms with van der Waals surface area (Å²) in [5, 5.41) is 3.50. The van der Waals surface area contributed by atoms with E-state index in [0.29, 0.717) is 23.7 Å². The molecule has 0 fully saturated rings. The zero-order chi connectivity index (χ0) is 15.8. The van der Waals surface area contributed by atoms with Crippen molar-refractivity contribution in [1.29, 1.82) is 0 Å². The lowest BCUT2D eigenvalue weighted by molar-refractivity contribution is -0.128. The minimum atomic E-state index is -0.500. The Kier molecular flexibility index (Phi) is 6.78. The third-order valence-corrected chi connectivity index (χ3v) is 4.21. The van der Waals surface area contributed by atoms with Crippen molar-refractivity contribution in [2.45, 2.75) is 51.6 Å². The third kappa shape index (κ3) is 5.06. The number of benzene rings is 1. The molecule has 0 heterocycles. The smallest absolute Gasteiger partial charge is 0.261 e. The lowest BCUT2D eigenvalue weighted by Crippen LogP contribution is -2.38. The normalized spacial score (nSPS) is 15.8. The highest BCUT2D eigenvalue weighted by atomic mass is 35.5. The van der Waals surface area contributed by atoms with Crippen LogP contribution in [0, 0.1) is 0 Å². The number of halogens is 1. The molecule has 0 bridgehead atoms. The highest BCUT2D eigenvalue weighted by Gasteiger charge is 2.19. The molecule has 1 aromatic rings. The second-order valence-corrected chi connectivity index (χ2v) is 6.00. The lowest BCUT2D eigenvalue weighted by Gasteiger charge is -2.18. The van der Waals surface area contributed by atoms with Gasteiger partial charge in [-0.1, -0.05) is 42.3 Å². The van der Waals surface area contributed by atoms with Gasteiger partial charge in [-0.25, -0.2) is 0 Å². The predicted molar refractivity (Wildman–Crippen MR) is 90.3 cm³/mol. The van der Waals surface area contributed by atoms with E-state index in [1.54, 1.807) is 12.1 Å². The summed E-state index contributed by atoms with van der Waals surface area (Å²) < 4.78 is 5.74. The molecule has 0 spiro atoms. The first-order valence-corrected chi connectivity index (χ1v) is 8.45. The first-order valence-electron chi connectivity index (χ1n) is 8.07. The van der Waals surface area contributed by atoms with Crippen LogP contribution in [0.15, 0.2) is 35.9 Å². The van der Waals surface area contributed by atoms with Gasteiger partial charge in [-0.05, 0) is 50.7 Å². The Balaban J connectivity index is 1.81. The molecule has 0 aromatic heterocycles. The summed E-state index contributed by atoms with van der Waals surface area (Å²) in [6, 6.07) is 7.23. The summed E-state index contributed by atoms with van der Waals surface area (Å²) in [5.41, 5.74) is 1.46. The van der Waals surface area contributed by atoms with Crippen LogP contribution < -0.4 is 10.1 Å². The summed E-state index contributed by atoms with van der Waals surface area (Å²) in [7, 11) is 0. The van der Waals surface area contributed by atoms with Crippen LogP contribution in [0.5, 0.6) is 5.75 Å².